The minimum absolute atomic E-state index is 0.0510. The molecule has 0 aliphatic rings. The molecular formula is C18H17FN4O2. The monoisotopic (exact) mass is 340 g/mol. The number of amides is 1. The second-order valence-corrected chi connectivity index (χ2v) is 5.41. The summed E-state index contributed by atoms with van der Waals surface area (Å²) >= 11 is 0. The maximum absolute atomic E-state index is 13.5. The van der Waals surface area contributed by atoms with Gasteiger partial charge in [0.25, 0.3) is 5.91 Å². The Morgan fingerprint density at radius 2 is 2.12 bits per heavy atom. The molecule has 0 aliphatic carbocycles. The Hall–Kier alpha value is -3.22. The fourth-order valence-corrected chi connectivity index (χ4v) is 2.33. The van der Waals surface area contributed by atoms with Gasteiger partial charge in [-0.1, -0.05) is 18.2 Å². The molecule has 128 valence electrons. The molecule has 2 heterocycles. The predicted molar refractivity (Wildman–Crippen MR) is 90.2 cm³/mol. The molecule has 0 atom stereocenters. The van der Waals surface area contributed by atoms with Crippen molar-refractivity contribution in [3.05, 3.63) is 66.4 Å². The molecular weight excluding hydrogens is 323 g/mol. The van der Waals surface area contributed by atoms with E-state index in [0.717, 1.165) is 16.8 Å². The van der Waals surface area contributed by atoms with Crippen LogP contribution in [0.1, 0.15) is 5.56 Å². The highest BCUT2D eigenvalue weighted by Gasteiger charge is 2.10. The minimum Gasteiger partial charge on any atom is -0.481 e. The van der Waals surface area contributed by atoms with E-state index in [-0.39, 0.29) is 24.8 Å². The Morgan fingerprint density at radius 1 is 1.28 bits per heavy atom. The molecule has 1 amide bonds. The van der Waals surface area contributed by atoms with Gasteiger partial charge in [0.15, 0.2) is 18.2 Å². The zero-order valence-electron chi connectivity index (χ0n) is 13.6. The van der Waals surface area contributed by atoms with Crippen LogP contribution in [0.4, 0.5) is 4.39 Å². The summed E-state index contributed by atoms with van der Waals surface area (Å²) in [6.07, 6.45) is 5.26. The third-order valence-corrected chi connectivity index (χ3v) is 3.54. The molecule has 2 aromatic heterocycles. The molecule has 0 fully saturated rings. The fraction of sp³-hybridized carbons (Fsp3) is 0.167. The standard InChI is InChI=1S/C18H17FN4O2/c1-23-11-14(10-22-23)18-13(5-4-8-20-18)9-21-17(24)12-25-16-7-3-2-6-15(16)19/h2-8,10-11H,9,12H2,1H3,(H,21,24). The van der Waals surface area contributed by atoms with Crippen molar-refractivity contribution in [2.45, 2.75) is 6.54 Å². The van der Waals surface area contributed by atoms with E-state index in [4.69, 9.17) is 4.74 Å². The van der Waals surface area contributed by atoms with Crippen molar-refractivity contribution in [1.82, 2.24) is 20.1 Å². The summed E-state index contributed by atoms with van der Waals surface area (Å²) in [6, 6.07) is 9.65. The minimum atomic E-state index is -0.499. The van der Waals surface area contributed by atoms with Gasteiger partial charge in [-0.25, -0.2) is 4.39 Å². The molecule has 1 aromatic carbocycles. The van der Waals surface area contributed by atoms with Crippen molar-refractivity contribution in [2.24, 2.45) is 7.05 Å². The van der Waals surface area contributed by atoms with Crippen LogP contribution in [0.2, 0.25) is 0 Å². The Labute approximate surface area is 144 Å². The molecule has 6 nitrogen and oxygen atoms in total. The lowest BCUT2D eigenvalue weighted by atomic mass is 10.1. The van der Waals surface area contributed by atoms with E-state index >= 15 is 0 Å². The molecule has 7 heteroatoms. The third-order valence-electron chi connectivity index (χ3n) is 3.54. The van der Waals surface area contributed by atoms with Crippen LogP contribution in [-0.4, -0.2) is 27.3 Å². The number of pyridine rings is 1. The number of nitrogens with zero attached hydrogens (tertiary/aromatic N) is 3. The van der Waals surface area contributed by atoms with Gasteiger partial charge in [-0.3, -0.25) is 14.5 Å². The van der Waals surface area contributed by atoms with E-state index in [0.29, 0.717) is 0 Å². The van der Waals surface area contributed by atoms with E-state index in [2.05, 4.69) is 15.4 Å². The van der Waals surface area contributed by atoms with Crippen LogP contribution in [0.25, 0.3) is 11.3 Å². The molecule has 0 bridgehead atoms. The molecule has 0 saturated heterocycles. The Kier molecular flexibility index (Phi) is 5.03. The second-order valence-electron chi connectivity index (χ2n) is 5.41. The van der Waals surface area contributed by atoms with Gasteiger partial charge < -0.3 is 10.1 Å². The quantitative estimate of drug-likeness (QED) is 0.748. The van der Waals surface area contributed by atoms with Crippen LogP contribution in [0.3, 0.4) is 0 Å². The summed E-state index contributed by atoms with van der Waals surface area (Å²) < 4.78 is 20.3. The lowest BCUT2D eigenvalue weighted by molar-refractivity contribution is -0.123. The largest absolute Gasteiger partial charge is 0.481 e. The van der Waals surface area contributed by atoms with E-state index in [1.54, 1.807) is 35.3 Å². The number of halogens is 1. The van der Waals surface area contributed by atoms with Gasteiger partial charge in [-0.05, 0) is 23.8 Å². The lowest BCUT2D eigenvalue weighted by Gasteiger charge is -2.10. The SMILES string of the molecule is Cn1cc(-c2ncccc2CNC(=O)COc2ccccc2F)cn1. The lowest BCUT2D eigenvalue weighted by Crippen LogP contribution is -2.28. The highest BCUT2D eigenvalue weighted by atomic mass is 19.1. The highest BCUT2D eigenvalue weighted by Crippen LogP contribution is 2.20. The van der Waals surface area contributed by atoms with Crippen molar-refractivity contribution in [3.8, 4) is 17.0 Å². The van der Waals surface area contributed by atoms with Crippen molar-refractivity contribution in [1.29, 1.82) is 0 Å². The van der Waals surface area contributed by atoms with Crippen LogP contribution >= 0.6 is 0 Å². The number of hydrogen-bond acceptors (Lipinski definition) is 4. The summed E-state index contributed by atoms with van der Waals surface area (Å²) in [7, 11) is 1.83. The smallest absolute Gasteiger partial charge is 0.258 e. The topological polar surface area (TPSA) is 69.0 Å². The number of aryl methyl sites for hydroxylation is 1. The summed E-state index contributed by atoms with van der Waals surface area (Å²) in [4.78, 5) is 16.3. The van der Waals surface area contributed by atoms with Crippen LogP contribution in [-0.2, 0) is 18.4 Å². The maximum Gasteiger partial charge on any atom is 0.258 e. The zero-order valence-corrected chi connectivity index (χ0v) is 13.6. The van der Waals surface area contributed by atoms with Gasteiger partial charge in [-0.2, -0.15) is 5.10 Å². The predicted octanol–water partition coefficient (Wildman–Crippen LogP) is 2.32. The number of hydrogen-bond donors (Lipinski definition) is 1. The Balaban J connectivity index is 1.60. The van der Waals surface area contributed by atoms with Crippen molar-refractivity contribution in [3.63, 3.8) is 0 Å². The first-order valence-electron chi connectivity index (χ1n) is 7.70. The molecule has 0 unspecified atom stereocenters. The number of ether oxygens (including phenoxy) is 1. The van der Waals surface area contributed by atoms with Crippen molar-refractivity contribution in [2.75, 3.05) is 6.61 Å². The molecule has 0 saturated carbocycles. The maximum atomic E-state index is 13.5. The van der Waals surface area contributed by atoms with Crippen LogP contribution in [0.15, 0.2) is 55.0 Å². The average molecular weight is 340 g/mol. The molecule has 1 N–H and O–H groups in total. The molecule has 3 rings (SSSR count). The van der Waals surface area contributed by atoms with Gasteiger partial charge in [-0.15, -0.1) is 0 Å². The Bertz CT molecular complexity index is 879. The van der Waals surface area contributed by atoms with Crippen LogP contribution in [0, 0.1) is 5.82 Å². The average Bonchev–Trinajstić information content (AvgIpc) is 3.06. The first-order valence-corrected chi connectivity index (χ1v) is 7.70. The zero-order chi connectivity index (χ0) is 17.6. The van der Waals surface area contributed by atoms with Gasteiger partial charge >= 0.3 is 0 Å². The van der Waals surface area contributed by atoms with E-state index in [1.807, 2.05) is 19.3 Å². The van der Waals surface area contributed by atoms with E-state index < -0.39 is 5.82 Å². The number of para-hydroxylation sites is 1. The summed E-state index contributed by atoms with van der Waals surface area (Å²) in [5.74, 6) is -0.791. The molecule has 0 radical (unpaired) electrons. The first-order chi connectivity index (χ1) is 12.1. The Morgan fingerprint density at radius 3 is 2.88 bits per heavy atom. The number of carbonyl (C=O) groups is 1. The second kappa shape index (κ2) is 7.57. The number of nitrogens with one attached hydrogen (secondary N) is 1. The molecule has 0 aliphatic heterocycles. The van der Waals surface area contributed by atoms with Crippen molar-refractivity contribution < 1.29 is 13.9 Å². The van der Waals surface area contributed by atoms with Crippen LogP contribution < -0.4 is 10.1 Å². The van der Waals surface area contributed by atoms with E-state index in [1.165, 1.54) is 12.1 Å². The molecule has 3 aromatic rings. The third kappa shape index (κ3) is 4.20. The summed E-state index contributed by atoms with van der Waals surface area (Å²) in [5, 5.41) is 6.89. The highest BCUT2D eigenvalue weighted by molar-refractivity contribution is 5.77. The molecule has 25 heavy (non-hydrogen) atoms. The van der Waals surface area contributed by atoms with Gasteiger partial charge in [0.05, 0.1) is 11.9 Å². The number of rotatable bonds is 6. The normalized spacial score (nSPS) is 10.5. The number of carbonyl (C=O) groups excluding carboxylic acids is 1. The van der Waals surface area contributed by atoms with E-state index in [9.17, 15) is 9.18 Å². The summed E-state index contributed by atoms with van der Waals surface area (Å²) in [6.45, 7) is 0.0287. The van der Waals surface area contributed by atoms with Gasteiger partial charge in [0, 0.05) is 31.5 Å². The fourth-order valence-electron chi connectivity index (χ4n) is 2.33. The number of benzene rings is 1. The number of aromatic nitrogens is 3. The van der Waals surface area contributed by atoms with Gasteiger partial charge in [0.1, 0.15) is 0 Å². The van der Waals surface area contributed by atoms with Gasteiger partial charge in [0.2, 0.25) is 0 Å². The van der Waals surface area contributed by atoms with Crippen LogP contribution in [0.5, 0.6) is 5.75 Å². The molecule has 0 spiro atoms. The van der Waals surface area contributed by atoms with Crippen molar-refractivity contribution >= 4 is 5.91 Å². The first kappa shape index (κ1) is 16.6. The summed E-state index contributed by atoms with van der Waals surface area (Å²) in [5.41, 5.74) is 2.48.